The summed E-state index contributed by atoms with van der Waals surface area (Å²) in [5.41, 5.74) is 1.90. The molecule has 0 aliphatic carbocycles. The molecule has 1 N–H and O–H groups in total. The van der Waals surface area contributed by atoms with Crippen LogP contribution in [0.25, 0.3) is 0 Å². The molecule has 0 unspecified atom stereocenters. The van der Waals surface area contributed by atoms with Crippen LogP contribution in [0.4, 0.5) is 5.69 Å². The topological polar surface area (TPSA) is 24.9 Å². The van der Waals surface area contributed by atoms with Gasteiger partial charge in [-0.15, -0.1) is 11.3 Å². The molecule has 2 nitrogen and oxygen atoms in total. The minimum Gasteiger partial charge on any atom is -0.377 e. The van der Waals surface area contributed by atoms with Crippen molar-refractivity contribution in [2.75, 3.05) is 5.32 Å². The third kappa shape index (κ3) is 2.99. The van der Waals surface area contributed by atoms with E-state index in [1.54, 1.807) is 11.3 Å². The van der Waals surface area contributed by atoms with Crippen LogP contribution in [0.15, 0.2) is 16.6 Å². The van der Waals surface area contributed by atoms with Gasteiger partial charge in [0.1, 0.15) is 5.01 Å². The summed E-state index contributed by atoms with van der Waals surface area (Å²) in [6.07, 6.45) is 0. The highest BCUT2D eigenvalue weighted by Crippen LogP contribution is 2.36. The molecule has 0 aliphatic heterocycles. The van der Waals surface area contributed by atoms with Crippen LogP contribution in [0.5, 0.6) is 0 Å². The minimum absolute atomic E-state index is 0.521. The number of anilines is 1. The fourth-order valence-corrected chi connectivity index (χ4v) is 3.16. The Kier molecular flexibility index (Phi) is 4.54. The van der Waals surface area contributed by atoms with Gasteiger partial charge in [-0.2, -0.15) is 0 Å². The molecule has 6 heteroatoms. The maximum absolute atomic E-state index is 6.16. The van der Waals surface area contributed by atoms with E-state index in [2.05, 4.69) is 33.2 Å². The van der Waals surface area contributed by atoms with Crippen molar-refractivity contribution in [2.45, 2.75) is 20.4 Å². The molecular weight excluding hydrogens is 355 g/mol. The second-order valence-corrected chi connectivity index (χ2v) is 6.72. The van der Waals surface area contributed by atoms with Gasteiger partial charge >= 0.3 is 0 Å². The van der Waals surface area contributed by atoms with Gasteiger partial charge < -0.3 is 5.32 Å². The number of halogens is 3. The number of aryl methyl sites for hydroxylation is 2. The summed E-state index contributed by atoms with van der Waals surface area (Å²) in [5, 5.41) is 5.34. The van der Waals surface area contributed by atoms with Gasteiger partial charge in [-0.25, -0.2) is 4.98 Å². The Morgan fingerprint density at radius 1 is 1.28 bits per heavy atom. The lowest BCUT2D eigenvalue weighted by atomic mass is 10.3. The maximum atomic E-state index is 6.16. The fourth-order valence-electron chi connectivity index (χ4n) is 1.45. The smallest absolute Gasteiger partial charge is 0.112 e. The van der Waals surface area contributed by atoms with Gasteiger partial charge in [0.25, 0.3) is 0 Å². The fraction of sp³-hybridized carbons (Fsp3) is 0.250. The molecule has 1 aromatic heterocycles. The molecule has 0 aliphatic rings. The first-order valence-electron chi connectivity index (χ1n) is 5.29. The van der Waals surface area contributed by atoms with Crippen molar-refractivity contribution in [3.8, 4) is 0 Å². The highest BCUT2D eigenvalue weighted by atomic mass is 79.9. The molecule has 2 rings (SSSR count). The predicted octanol–water partition coefficient (Wildman–Crippen LogP) is 5.44. The molecule has 1 aromatic carbocycles. The Labute approximate surface area is 128 Å². The molecule has 0 atom stereocenters. The summed E-state index contributed by atoms with van der Waals surface area (Å²) in [6, 6.07) is 3.76. The second kappa shape index (κ2) is 5.78. The van der Waals surface area contributed by atoms with E-state index >= 15 is 0 Å². The van der Waals surface area contributed by atoms with Crippen LogP contribution in [-0.4, -0.2) is 4.98 Å². The van der Waals surface area contributed by atoms with Crippen LogP contribution in [0.3, 0.4) is 0 Å². The molecule has 1 heterocycles. The van der Waals surface area contributed by atoms with E-state index in [-0.39, 0.29) is 0 Å². The molecule has 0 radical (unpaired) electrons. The Morgan fingerprint density at radius 3 is 2.61 bits per heavy atom. The third-order valence-corrected chi connectivity index (χ3v) is 5.38. The zero-order valence-corrected chi connectivity index (χ0v) is 13.8. The van der Waals surface area contributed by atoms with E-state index in [1.807, 2.05) is 19.1 Å². The van der Waals surface area contributed by atoms with Crippen molar-refractivity contribution in [3.63, 3.8) is 0 Å². The Hall–Kier alpha value is -0.290. The standard InChI is InChI=1S/C12H11BrCl2N2S/c1-6-7(2)18-10(17-6)5-16-9-4-3-8(13)11(14)12(9)15/h3-4,16H,5H2,1-2H3. The molecule has 96 valence electrons. The van der Waals surface area contributed by atoms with Crippen LogP contribution in [-0.2, 0) is 6.54 Å². The molecule has 0 amide bonds. The summed E-state index contributed by atoms with van der Waals surface area (Å²) < 4.78 is 0.792. The number of nitrogens with zero attached hydrogens (tertiary/aromatic N) is 1. The Bertz CT molecular complexity index is 564. The van der Waals surface area contributed by atoms with Gasteiger partial charge in [-0.05, 0) is 41.9 Å². The number of hydrogen-bond donors (Lipinski definition) is 1. The minimum atomic E-state index is 0.521. The van der Waals surface area contributed by atoms with Crippen molar-refractivity contribution in [2.24, 2.45) is 0 Å². The Morgan fingerprint density at radius 2 is 2.00 bits per heavy atom. The summed E-state index contributed by atoms with van der Waals surface area (Å²) in [4.78, 5) is 5.71. The monoisotopic (exact) mass is 364 g/mol. The van der Waals surface area contributed by atoms with Gasteiger partial charge in [0.05, 0.1) is 28.0 Å². The molecule has 0 bridgehead atoms. The molecule has 18 heavy (non-hydrogen) atoms. The number of nitrogens with one attached hydrogen (secondary N) is 1. The van der Waals surface area contributed by atoms with Gasteiger partial charge in [0.15, 0.2) is 0 Å². The predicted molar refractivity (Wildman–Crippen MR) is 83.1 cm³/mol. The summed E-state index contributed by atoms with van der Waals surface area (Å²) in [7, 11) is 0. The van der Waals surface area contributed by atoms with E-state index in [1.165, 1.54) is 4.88 Å². The number of rotatable bonds is 3. The molecule has 0 fully saturated rings. The highest BCUT2D eigenvalue weighted by molar-refractivity contribution is 9.10. The van der Waals surface area contributed by atoms with Crippen LogP contribution >= 0.6 is 50.5 Å². The van der Waals surface area contributed by atoms with E-state index in [0.29, 0.717) is 16.6 Å². The van der Waals surface area contributed by atoms with Crippen molar-refractivity contribution in [1.82, 2.24) is 4.98 Å². The zero-order chi connectivity index (χ0) is 13.3. The van der Waals surface area contributed by atoms with Crippen LogP contribution in [0.2, 0.25) is 10.0 Å². The summed E-state index contributed by atoms with van der Waals surface area (Å²) in [6.45, 7) is 4.73. The van der Waals surface area contributed by atoms with E-state index < -0.39 is 0 Å². The SMILES string of the molecule is Cc1nc(CNc2ccc(Br)c(Cl)c2Cl)sc1C. The number of thiazole rings is 1. The lowest BCUT2D eigenvalue weighted by Gasteiger charge is -2.08. The molecule has 0 spiro atoms. The first kappa shape index (κ1) is 14.1. The lowest BCUT2D eigenvalue weighted by Crippen LogP contribution is -1.99. The van der Waals surface area contributed by atoms with Crippen molar-refractivity contribution >= 4 is 56.2 Å². The lowest BCUT2D eigenvalue weighted by molar-refractivity contribution is 1.07. The third-order valence-electron chi connectivity index (χ3n) is 2.54. The van der Waals surface area contributed by atoms with Crippen molar-refractivity contribution in [3.05, 3.63) is 42.2 Å². The summed E-state index contributed by atoms with van der Waals surface area (Å²) >= 11 is 17.2. The number of aromatic nitrogens is 1. The Balaban J connectivity index is 2.13. The molecule has 2 aromatic rings. The number of benzene rings is 1. The summed E-state index contributed by atoms with van der Waals surface area (Å²) in [5.74, 6) is 0. The normalized spacial score (nSPS) is 10.7. The van der Waals surface area contributed by atoms with Crippen LogP contribution < -0.4 is 5.32 Å². The maximum Gasteiger partial charge on any atom is 0.112 e. The van der Waals surface area contributed by atoms with E-state index in [0.717, 1.165) is 20.9 Å². The average Bonchev–Trinajstić information content (AvgIpc) is 2.65. The average molecular weight is 366 g/mol. The molecule has 0 saturated carbocycles. The molecule has 0 saturated heterocycles. The van der Waals surface area contributed by atoms with Crippen molar-refractivity contribution < 1.29 is 0 Å². The van der Waals surface area contributed by atoms with Crippen LogP contribution in [0, 0.1) is 13.8 Å². The zero-order valence-electron chi connectivity index (χ0n) is 9.85. The highest BCUT2D eigenvalue weighted by Gasteiger charge is 2.09. The largest absolute Gasteiger partial charge is 0.377 e. The quantitative estimate of drug-likeness (QED) is 0.732. The van der Waals surface area contributed by atoms with Gasteiger partial charge in [-0.1, -0.05) is 23.2 Å². The first-order valence-corrected chi connectivity index (χ1v) is 7.66. The molecular formula is C12H11BrCl2N2S. The van der Waals surface area contributed by atoms with E-state index in [4.69, 9.17) is 23.2 Å². The number of hydrogen-bond acceptors (Lipinski definition) is 3. The van der Waals surface area contributed by atoms with E-state index in [9.17, 15) is 0 Å². The van der Waals surface area contributed by atoms with Gasteiger partial charge in [0.2, 0.25) is 0 Å². The van der Waals surface area contributed by atoms with Gasteiger partial charge in [-0.3, -0.25) is 0 Å². The first-order chi connectivity index (χ1) is 8.49. The second-order valence-electron chi connectivity index (χ2n) is 3.83. The van der Waals surface area contributed by atoms with Crippen LogP contribution in [0.1, 0.15) is 15.6 Å². The van der Waals surface area contributed by atoms with Gasteiger partial charge in [0, 0.05) is 9.35 Å². The van der Waals surface area contributed by atoms with Crippen molar-refractivity contribution in [1.29, 1.82) is 0 Å².